The standard InChI is InChI=1S/C19H23FN4O/c1-14-6-7-16(15(2)12-14)21-19(25)13-23-8-10-24(11-9-23)18-5-3-4-17(20)22-18/h3-7,12H,8-11,13H2,1-2H3,(H,21,25). The second-order valence-electron chi connectivity index (χ2n) is 6.45. The van der Waals surface area contributed by atoms with Crippen LogP contribution in [0.15, 0.2) is 36.4 Å². The molecule has 3 rings (SSSR count). The van der Waals surface area contributed by atoms with Gasteiger partial charge in [-0.2, -0.15) is 4.39 Å². The number of halogens is 1. The number of nitrogens with one attached hydrogen (secondary N) is 1. The van der Waals surface area contributed by atoms with Gasteiger partial charge in [0.05, 0.1) is 6.54 Å². The third-order valence-electron chi connectivity index (χ3n) is 4.42. The number of hydrogen-bond donors (Lipinski definition) is 1. The number of amides is 1. The lowest BCUT2D eigenvalue weighted by molar-refractivity contribution is -0.117. The Morgan fingerprint density at radius 1 is 1.16 bits per heavy atom. The summed E-state index contributed by atoms with van der Waals surface area (Å²) in [5, 5.41) is 2.98. The molecule has 0 aliphatic carbocycles. The first-order valence-corrected chi connectivity index (χ1v) is 8.48. The van der Waals surface area contributed by atoms with E-state index in [1.807, 2.05) is 36.9 Å². The Labute approximate surface area is 147 Å². The number of piperazine rings is 1. The minimum atomic E-state index is -0.465. The van der Waals surface area contributed by atoms with Crippen molar-refractivity contribution in [3.8, 4) is 0 Å². The lowest BCUT2D eigenvalue weighted by Gasteiger charge is -2.35. The predicted octanol–water partition coefficient (Wildman–Crippen LogP) is 2.60. The summed E-state index contributed by atoms with van der Waals surface area (Å²) in [6, 6.07) is 10.8. The van der Waals surface area contributed by atoms with Crippen LogP contribution in [0, 0.1) is 19.8 Å². The average molecular weight is 342 g/mol. The highest BCUT2D eigenvalue weighted by atomic mass is 19.1. The molecule has 25 heavy (non-hydrogen) atoms. The van der Waals surface area contributed by atoms with Crippen molar-refractivity contribution in [3.05, 3.63) is 53.5 Å². The largest absolute Gasteiger partial charge is 0.354 e. The molecule has 2 aromatic rings. The van der Waals surface area contributed by atoms with Crippen LogP contribution >= 0.6 is 0 Å². The fourth-order valence-electron chi connectivity index (χ4n) is 3.06. The quantitative estimate of drug-likeness (QED) is 0.868. The van der Waals surface area contributed by atoms with E-state index in [1.54, 1.807) is 6.07 Å². The first-order valence-electron chi connectivity index (χ1n) is 8.48. The fraction of sp³-hybridized carbons (Fsp3) is 0.368. The zero-order valence-corrected chi connectivity index (χ0v) is 14.6. The molecule has 132 valence electrons. The molecule has 0 radical (unpaired) electrons. The number of rotatable bonds is 4. The van der Waals surface area contributed by atoms with E-state index >= 15 is 0 Å². The Hall–Kier alpha value is -2.47. The number of carbonyl (C=O) groups is 1. The molecule has 1 fully saturated rings. The van der Waals surface area contributed by atoms with Gasteiger partial charge in [-0.15, -0.1) is 0 Å². The Balaban J connectivity index is 1.51. The number of benzene rings is 1. The van der Waals surface area contributed by atoms with Crippen LogP contribution in [0.1, 0.15) is 11.1 Å². The number of carbonyl (C=O) groups excluding carboxylic acids is 1. The van der Waals surface area contributed by atoms with Gasteiger partial charge in [-0.25, -0.2) is 4.98 Å². The second-order valence-corrected chi connectivity index (χ2v) is 6.45. The van der Waals surface area contributed by atoms with Crippen LogP contribution in [-0.2, 0) is 4.79 Å². The molecule has 1 amide bonds. The summed E-state index contributed by atoms with van der Waals surface area (Å²) in [4.78, 5) is 20.4. The lowest BCUT2D eigenvalue weighted by Crippen LogP contribution is -2.49. The Kier molecular flexibility index (Phi) is 5.28. The zero-order chi connectivity index (χ0) is 17.8. The van der Waals surface area contributed by atoms with Gasteiger partial charge in [-0.05, 0) is 37.6 Å². The van der Waals surface area contributed by atoms with Crippen molar-refractivity contribution in [2.45, 2.75) is 13.8 Å². The van der Waals surface area contributed by atoms with Crippen molar-refractivity contribution >= 4 is 17.4 Å². The number of nitrogens with zero attached hydrogens (tertiary/aromatic N) is 3. The number of anilines is 2. The summed E-state index contributed by atoms with van der Waals surface area (Å²) in [6.45, 7) is 7.34. The Morgan fingerprint density at radius 3 is 2.60 bits per heavy atom. The monoisotopic (exact) mass is 342 g/mol. The SMILES string of the molecule is Cc1ccc(NC(=O)CN2CCN(c3cccc(F)n3)CC2)c(C)c1. The van der Waals surface area contributed by atoms with Crippen LogP contribution in [-0.4, -0.2) is 48.5 Å². The molecule has 6 heteroatoms. The summed E-state index contributed by atoms with van der Waals surface area (Å²) in [5.74, 6) is 0.177. The van der Waals surface area contributed by atoms with Crippen molar-refractivity contribution in [2.75, 3.05) is 42.9 Å². The molecule has 0 atom stereocenters. The molecule has 1 aromatic carbocycles. The molecule has 1 aromatic heterocycles. The van der Waals surface area contributed by atoms with Crippen LogP contribution in [0.3, 0.4) is 0 Å². The van der Waals surface area contributed by atoms with E-state index < -0.39 is 5.95 Å². The fourth-order valence-corrected chi connectivity index (χ4v) is 3.06. The molecule has 1 aliphatic heterocycles. The number of hydrogen-bond acceptors (Lipinski definition) is 4. The topological polar surface area (TPSA) is 48.5 Å². The highest BCUT2D eigenvalue weighted by Crippen LogP contribution is 2.17. The third kappa shape index (κ3) is 4.54. The van der Waals surface area contributed by atoms with Crippen LogP contribution < -0.4 is 10.2 Å². The maximum absolute atomic E-state index is 13.2. The van der Waals surface area contributed by atoms with Gasteiger partial charge in [-0.1, -0.05) is 23.8 Å². The van der Waals surface area contributed by atoms with Gasteiger partial charge in [0.2, 0.25) is 11.9 Å². The number of aryl methyl sites for hydroxylation is 2. The van der Waals surface area contributed by atoms with Crippen molar-refractivity contribution in [2.24, 2.45) is 0 Å². The van der Waals surface area contributed by atoms with Gasteiger partial charge < -0.3 is 10.2 Å². The van der Waals surface area contributed by atoms with Crippen molar-refractivity contribution in [3.63, 3.8) is 0 Å². The molecular formula is C19H23FN4O. The van der Waals surface area contributed by atoms with Gasteiger partial charge in [0.15, 0.2) is 0 Å². The third-order valence-corrected chi connectivity index (χ3v) is 4.42. The Morgan fingerprint density at radius 2 is 1.92 bits per heavy atom. The lowest BCUT2D eigenvalue weighted by atomic mass is 10.1. The van der Waals surface area contributed by atoms with E-state index in [9.17, 15) is 9.18 Å². The maximum atomic E-state index is 13.2. The number of aromatic nitrogens is 1. The van der Waals surface area contributed by atoms with E-state index in [0.717, 1.165) is 37.4 Å². The molecule has 1 saturated heterocycles. The zero-order valence-electron chi connectivity index (χ0n) is 14.6. The average Bonchev–Trinajstić information content (AvgIpc) is 2.58. The number of pyridine rings is 1. The molecule has 1 aliphatic rings. The molecule has 1 N–H and O–H groups in total. The van der Waals surface area contributed by atoms with E-state index in [1.165, 1.54) is 11.6 Å². The normalized spacial score (nSPS) is 15.2. The van der Waals surface area contributed by atoms with Gasteiger partial charge in [0.25, 0.3) is 0 Å². The van der Waals surface area contributed by atoms with Crippen LogP contribution in [0.5, 0.6) is 0 Å². The summed E-state index contributed by atoms with van der Waals surface area (Å²) in [6.07, 6.45) is 0. The minimum absolute atomic E-state index is 0.00992. The highest BCUT2D eigenvalue weighted by Gasteiger charge is 2.20. The predicted molar refractivity (Wildman–Crippen MR) is 97.4 cm³/mol. The van der Waals surface area contributed by atoms with Crippen LogP contribution in [0.2, 0.25) is 0 Å². The molecule has 0 unspecified atom stereocenters. The van der Waals surface area contributed by atoms with Gasteiger partial charge in [-0.3, -0.25) is 9.69 Å². The summed E-state index contributed by atoms with van der Waals surface area (Å²) >= 11 is 0. The minimum Gasteiger partial charge on any atom is -0.354 e. The Bertz CT molecular complexity index is 757. The first-order chi connectivity index (χ1) is 12.0. The molecule has 0 spiro atoms. The van der Waals surface area contributed by atoms with E-state index in [-0.39, 0.29) is 5.91 Å². The van der Waals surface area contributed by atoms with E-state index in [0.29, 0.717) is 12.4 Å². The molecule has 0 saturated carbocycles. The molecule has 2 heterocycles. The van der Waals surface area contributed by atoms with E-state index in [2.05, 4.69) is 21.3 Å². The van der Waals surface area contributed by atoms with Crippen molar-refractivity contribution in [1.29, 1.82) is 0 Å². The second kappa shape index (κ2) is 7.61. The highest BCUT2D eigenvalue weighted by molar-refractivity contribution is 5.93. The van der Waals surface area contributed by atoms with E-state index in [4.69, 9.17) is 0 Å². The molecule has 0 bridgehead atoms. The molecule has 5 nitrogen and oxygen atoms in total. The van der Waals surface area contributed by atoms with Crippen molar-refractivity contribution < 1.29 is 9.18 Å². The summed E-state index contributed by atoms with van der Waals surface area (Å²) in [7, 11) is 0. The van der Waals surface area contributed by atoms with Gasteiger partial charge >= 0.3 is 0 Å². The van der Waals surface area contributed by atoms with Gasteiger partial charge in [0, 0.05) is 31.9 Å². The van der Waals surface area contributed by atoms with Gasteiger partial charge in [0.1, 0.15) is 5.82 Å². The van der Waals surface area contributed by atoms with Crippen LogP contribution in [0.4, 0.5) is 15.9 Å². The molecular weight excluding hydrogens is 319 g/mol. The van der Waals surface area contributed by atoms with Crippen molar-refractivity contribution in [1.82, 2.24) is 9.88 Å². The smallest absolute Gasteiger partial charge is 0.238 e. The summed E-state index contributed by atoms with van der Waals surface area (Å²) < 4.78 is 13.2. The van der Waals surface area contributed by atoms with Crippen LogP contribution in [0.25, 0.3) is 0 Å². The maximum Gasteiger partial charge on any atom is 0.238 e. The first kappa shape index (κ1) is 17.4. The summed E-state index contributed by atoms with van der Waals surface area (Å²) in [5.41, 5.74) is 3.10.